The molecular formula is C21H28N6O. The zero-order chi connectivity index (χ0) is 20.0. The van der Waals surface area contributed by atoms with Gasteiger partial charge in [0.2, 0.25) is 5.91 Å². The first-order chi connectivity index (χ1) is 13.4. The van der Waals surface area contributed by atoms with Crippen molar-refractivity contribution in [3.05, 3.63) is 48.4 Å². The summed E-state index contributed by atoms with van der Waals surface area (Å²) in [5, 5.41) is 11.6. The highest BCUT2D eigenvalue weighted by atomic mass is 16.1. The lowest BCUT2D eigenvalue weighted by atomic mass is 9.92. The summed E-state index contributed by atoms with van der Waals surface area (Å²) in [6.45, 7) is 8.03. The van der Waals surface area contributed by atoms with E-state index in [1.807, 2.05) is 18.2 Å². The number of amides is 1. The highest BCUT2D eigenvalue weighted by molar-refractivity contribution is 5.86. The van der Waals surface area contributed by atoms with Crippen LogP contribution in [0.25, 0.3) is 11.0 Å². The molecule has 0 radical (unpaired) electrons. The lowest BCUT2D eigenvalue weighted by Crippen LogP contribution is -2.30. The molecule has 28 heavy (non-hydrogen) atoms. The molecule has 7 heteroatoms. The van der Waals surface area contributed by atoms with Gasteiger partial charge in [0, 0.05) is 19.5 Å². The van der Waals surface area contributed by atoms with Crippen LogP contribution in [-0.2, 0) is 17.8 Å². The molecule has 0 unspecified atom stereocenters. The van der Waals surface area contributed by atoms with E-state index in [0.29, 0.717) is 19.5 Å². The lowest BCUT2D eigenvalue weighted by Gasteiger charge is -2.17. The van der Waals surface area contributed by atoms with Crippen molar-refractivity contribution in [2.45, 2.75) is 40.2 Å². The lowest BCUT2D eigenvalue weighted by molar-refractivity contribution is -0.122. The maximum absolute atomic E-state index is 12.0. The Kier molecular flexibility index (Phi) is 6.23. The molecule has 1 aromatic carbocycles. The average molecular weight is 380 g/mol. The second-order valence-electron chi connectivity index (χ2n) is 8.08. The minimum Gasteiger partial charge on any atom is -0.369 e. The molecule has 0 aliphatic carbocycles. The summed E-state index contributed by atoms with van der Waals surface area (Å²) in [4.78, 5) is 20.7. The van der Waals surface area contributed by atoms with Crippen LogP contribution >= 0.6 is 0 Å². The first kappa shape index (κ1) is 19.8. The van der Waals surface area contributed by atoms with E-state index in [0.717, 1.165) is 29.8 Å². The standard InChI is InChI=1S/C21H28N6O/c1-21(2,3)13-18(28)22-11-12-27-20-17(14-26-27)19(24-15-25-20)23-10-9-16-7-5-4-6-8-16/h4-8,14-15H,9-13H2,1-3H3,(H,22,28)(H,23,24,25). The summed E-state index contributed by atoms with van der Waals surface area (Å²) in [5.74, 6) is 0.839. The summed E-state index contributed by atoms with van der Waals surface area (Å²) < 4.78 is 1.80. The van der Waals surface area contributed by atoms with Crippen LogP contribution in [0.2, 0.25) is 0 Å². The number of hydrogen-bond donors (Lipinski definition) is 2. The van der Waals surface area contributed by atoms with Crippen LogP contribution in [0.4, 0.5) is 5.82 Å². The zero-order valence-electron chi connectivity index (χ0n) is 16.8. The topological polar surface area (TPSA) is 84.7 Å². The minimum absolute atomic E-state index is 0.0178. The van der Waals surface area contributed by atoms with E-state index in [9.17, 15) is 4.79 Å². The fourth-order valence-corrected chi connectivity index (χ4v) is 3.01. The van der Waals surface area contributed by atoms with Crippen LogP contribution in [0.5, 0.6) is 0 Å². The van der Waals surface area contributed by atoms with Crippen LogP contribution in [0.15, 0.2) is 42.9 Å². The number of fused-ring (bicyclic) bond motifs is 1. The van der Waals surface area contributed by atoms with Gasteiger partial charge in [-0.1, -0.05) is 51.1 Å². The van der Waals surface area contributed by atoms with Crippen LogP contribution in [0.1, 0.15) is 32.8 Å². The van der Waals surface area contributed by atoms with Gasteiger partial charge in [0.1, 0.15) is 12.1 Å². The average Bonchev–Trinajstić information content (AvgIpc) is 3.05. The van der Waals surface area contributed by atoms with E-state index in [1.165, 1.54) is 5.56 Å². The molecule has 0 spiro atoms. The van der Waals surface area contributed by atoms with Crippen LogP contribution in [0.3, 0.4) is 0 Å². The second-order valence-corrected chi connectivity index (χ2v) is 8.08. The molecule has 0 saturated carbocycles. The van der Waals surface area contributed by atoms with Gasteiger partial charge in [0.15, 0.2) is 5.65 Å². The molecule has 0 saturated heterocycles. The third-order valence-corrected chi connectivity index (χ3v) is 4.32. The fraction of sp³-hybridized carbons (Fsp3) is 0.429. The van der Waals surface area contributed by atoms with Crippen molar-refractivity contribution in [1.82, 2.24) is 25.1 Å². The SMILES string of the molecule is CC(C)(C)CC(=O)NCCn1ncc2c(NCCc3ccccc3)ncnc21. The molecule has 7 nitrogen and oxygen atoms in total. The van der Waals surface area contributed by atoms with Crippen molar-refractivity contribution >= 4 is 22.8 Å². The smallest absolute Gasteiger partial charge is 0.220 e. The van der Waals surface area contributed by atoms with E-state index in [2.05, 4.69) is 58.6 Å². The van der Waals surface area contributed by atoms with E-state index in [4.69, 9.17) is 0 Å². The molecular weight excluding hydrogens is 352 g/mol. The molecule has 148 valence electrons. The summed E-state index contributed by atoms with van der Waals surface area (Å²) in [5.41, 5.74) is 2.03. The maximum atomic E-state index is 12.0. The molecule has 0 aliphatic heterocycles. The molecule has 0 atom stereocenters. The Balaban J connectivity index is 1.57. The van der Waals surface area contributed by atoms with Crippen LogP contribution in [0, 0.1) is 5.41 Å². The van der Waals surface area contributed by atoms with Gasteiger partial charge < -0.3 is 10.6 Å². The van der Waals surface area contributed by atoms with E-state index < -0.39 is 0 Å². The van der Waals surface area contributed by atoms with Crippen molar-refractivity contribution in [2.75, 3.05) is 18.4 Å². The van der Waals surface area contributed by atoms with Gasteiger partial charge in [-0.15, -0.1) is 0 Å². The highest BCUT2D eigenvalue weighted by Gasteiger charge is 2.15. The van der Waals surface area contributed by atoms with Crippen molar-refractivity contribution in [2.24, 2.45) is 5.41 Å². The number of anilines is 1. The van der Waals surface area contributed by atoms with Crippen molar-refractivity contribution in [3.8, 4) is 0 Å². The number of carbonyl (C=O) groups is 1. The number of hydrogen-bond acceptors (Lipinski definition) is 5. The maximum Gasteiger partial charge on any atom is 0.220 e. The summed E-state index contributed by atoms with van der Waals surface area (Å²) in [7, 11) is 0. The third-order valence-electron chi connectivity index (χ3n) is 4.32. The normalized spacial score (nSPS) is 11.5. The first-order valence-electron chi connectivity index (χ1n) is 9.63. The largest absolute Gasteiger partial charge is 0.369 e. The van der Waals surface area contributed by atoms with Gasteiger partial charge in [-0.3, -0.25) is 4.79 Å². The van der Waals surface area contributed by atoms with Gasteiger partial charge in [0.05, 0.1) is 18.1 Å². The summed E-state index contributed by atoms with van der Waals surface area (Å²) >= 11 is 0. The monoisotopic (exact) mass is 380 g/mol. The van der Waals surface area contributed by atoms with E-state index >= 15 is 0 Å². The van der Waals surface area contributed by atoms with Gasteiger partial charge >= 0.3 is 0 Å². The number of rotatable bonds is 8. The molecule has 3 aromatic rings. The predicted octanol–water partition coefficient (Wildman–Crippen LogP) is 3.03. The second kappa shape index (κ2) is 8.82. The minimum atomic E-state index is -0.0178. The Bertz CT molecular complexity index is 914. The Morgan fingerprint density at radius 2 is 1.89 bits per heavy atom. The zero-order valence-corrected chi connectivity index (χ0v) is 16.8. The Morgan fingerprint density at radius 1 is 1.11 bits per heavy atom. The van der Waals surface area contributed by atoms with Crippen LogP contribution < -0.4 is 10.6 Å². The van der Waals surface area contributed by atoms with Gasteiger partial charge in [-0.25, -0.2) is 14.6 Å². The van der Waals surface area contributed by atoms with Gasteiger partial charge in [-0.05, 0) is 17.4 Å². The Morgan fingerprint density at radius 3 is 2.64 bits per heavy atom. The van der Waals surface area contributed by atoms with Crippen molar-refractivity contribution in [1.29, 1.82) is 0 Å². The van der Waals surface area contributed by atoms with Crippen molar-refractivity contribution in [3.63, 3.8) is 0 Å². The molecule has 2 heterocycles. The molecule has 0 fully saturated rings. The van der Waals surface area contributed by atoms with E-state index in [-0.39, 0.29) is 11.3 Å². The molecule has 2 aromatic heterocycles. The summed E-state index contributed by atoms with van der Waals surface area (Å²) in [6, 6.07) is 10.3. The number of aromatic nitrogens is 4. The highest BCUT2D eigenvalue weighted by Crippen LogP contribution is 2.19. The molecule has 0 bridgehead atoms. The molecule has 0 aliphatic rings. The summed E-state index contributed by atoms with van der Waals surface area (Å²) in [6.07, 6.45) is 4.74. The fourth-order valence-electron chi connectivity index (χ4n) is 3.01. The van der Waals surface area contributed by atoms with Gasteiger partial charge in [-0.2, -0.15) is 5.10 Å². The molecule has 3 rings (SSSR count). The third kappa shape index (κ3) is 5.52. The first-order valence-corrected chi connectivity index (χ1v) is 9.63. The Labute approximate surface area is 165 Å². The van der Waals surface area contributed by atoms with Gasteiger partial charge in [0.25, 0.3) is 0 Å². The number of benzene rings is 1. The van der Waals surface area contributed by atoms with Crippen molar-refractivity contribution < 1.29 is 4.79 Å². The molecule has 2 N–H and O–H groups in total. The van der Waals surface area contributed by atoms with E-state index in [1.54, 1.807) is 17.2 Å². The quantitative estimate of drug-likeness (QED) is 0.627. The molecule has 1 amide bonds. The number of nitrogens with zero attached hydrogens (tertiary/aromatic N) is 4. The number of nitrogens with one attached hydrogen (secondary N) is 2. The van der Waals surface area contributed by atoms with Crippen LogP contribution in [-0.4, -0.2) is 38.7 Å². The number of carbonyl (C=O) groups excluding carboxylic acids is 1. The predicted molar refractivity (Wildman–Crippen MR) is 111 cm³/mol. The Hall–Kier alpha value is -2.96.